The molecule has 0 atom stereocenters. The number of benzene rings is 2. The van der Waals surface area contributed by atoms with Gasteiger partial charge in [-0.3, -0.25) is 0 Å². The highest BCUT2D eigenvalue weighted by atomic mass is 14.3. The van der Waals surface area contributed by atoms with E-state index in [0.29, 0.717) is 0 Å². The highest BCUT2D eigenvalue weighted by molar-refractivity contribution is 5.88. The molecule has 21 heavy (non-hydrogen) atoms. The van der Waals surface area contributed by atoms with Crippen molar-refractivity contribution in [3.63, 3.8) is 0 Å². The van der Waals surface area contributed by atoms with Gasteiger partial charge in [0.05, 0.1) is 0 Å². The fraction of sp³-hybridized carbons (Fsp3) is 0.524. The van der Waals surface area contributed by atoms with Gasteiger partial charge in [-0.25, -0.2) is 0 Å². The second-order valence-electron chi connectivity index (χ2n) is 7.19. The summed E-state index contributed by atoms with van der Waals surface area (Å²) >= 11 is 0. The highest BCUT2D eigenvalue weighted by Crippen LogP contribution is 2.44. The molecular formula is C21H26. The van der Waals surface area contributed by atoms with Gasteiger partial charge in [0.2, 0.25) is 0 Å². The predicted molar refractivity (Wildman–Crippen MR) is 91.1 cm³/mol. The molecule has 0 saturated heterocycles. The van der Waals surface area contributed by atoms with Gasteiger partial charge >= 0.3 is 0 Å². The highest BCUT2D eigenvalue weighted by Gasteiger charge is 2.26. The van der Waals surface area contributed by atoms with Gasteiger partial charge in [0.1, 0.15) is 0 Å². The predicted octanol–water partition coefficient (Wildman–Crippen LogP) is 6.46. The van der Waals surface area contributed by atoms with E-state index >= 15 is 0 Å². The largest absolute Gasteiger partial charge is 0.0616 e. The maximum Gasteiger partial charge on any atom is -0.0146 e. The first-order valence-corrected chi connectivity index (χ1v) is 8.87. The third-order valence-corrected chi connectivity index (χ3v) is 5.96. The summed E-state index contributed by atoms with van der Waals surface area (Å²) in [5, 5.41) is 3.01. The van der Waals surface area contributed by atoms with Crippen LogP contribution in [0.2, 0.25) is 0 Å². The van der Waals surface area contributed by atoms with E-state index in [4.69, 9.17) is 0 Å². The minimum atomic E-state index is 0.816. The van der Waals surface area contributed by atoms with E-state index in [1.807, 2.05) is 0 Å². The molecule has 0 unspecified atom stereocenters. The summed E-state index contributed by atoms with van der Waals surface area (Å²) in [6.45, 7) is 2.41. The van der Waals surface area contributed by atoms with Gasteiger partial charge in [-0.1, -0.05) is 56.0 Å². The van der Waals surface area contributed by atoms with E-state index in [1.54, 1.807) is 16.7 Å². The molecule has 2 aromatic carbocycles. The molecule has 0 heterocycles. The molecular weight excluding hydrogens is 252 g/mol. The lowest BCUT2D eigenvalue weighted by atomic mass is 9.82. The number of fused-ring (bicyclic) bond motifs is 1. The molecule has 0 aliphatic heterocycles. The average molecular weight is 278 g/mol. The Morgan fingerprint density at radius 2 is 1.43 bits per heavy atom. The van der Waals surface area contributed by atoms with Crippen molar-refractivity contribution in [3.8, 4) is 0 Å². The Kier molecular flexibility index (Phi) is 3.49. The van der Waals surface area contributed by atoms with Crippen LogP contribution in [0.1, 0.15) is 79.9 Å². The number of hydrogen-bond acceptors (Lipinski definition) is 0. The molecule has 0 bridgehead atoms. The summed E-state index contributed by atoms with van der Waals surface area (Å²) in [5.41, 5.74) is 5.01. The van der Waals surface area contributed by atoms with Crippen LogP contribution in [0.25, 0.3) is 10.8 Å². The Balaban J connectivity index is 1.92. The molecule has 110 valence electrons. The summed E-state index contributed by atoms with van der Waals surface area (Å²) in [6, 6.07) is 11.6. The van der Waals surface area contributed by atoms with Gasteiger partial charge in [0, 0.05) is 0 Å². The summed E-state index contributed by atoms with van der Waals surface area (Å²) in [7, 11) is 0. The molecule has 2 fully saturated rings. The molecule has 0 aromatic heterocycles. The molecule has 2 aliphatic rings. The molecule has 4 rings (SSSR count). The van der Waals surface area contributed by atoms with E-state index in [-0.39, 0.29) is 0 Å². The first-order chi connectivity index (χ1) is 10.3. The van der Waals surface area contributed by atoms with Crippen LogP contribution in [-0.2, 0) is 0 Å². The lowest BCUT2D eigenvalue weighted by molar-refractivity contribution is 0.696. The topological polar surface area (TPSA) is 0 Å². The Labute approximate surface area is 128 Å². The molecule has 0 N–H and O–H groups in total. The quantitative estimate of drug-likeness (QED) is 0.591. The Bertz CT molecular complexity index is 640. The molecule has 0 nitrogen and oxygen atoms in total. The molecule has 0 spiro atoms. The van der Waals surface area contributed by atoms with Crippen molar-refractivity contribution in [2.75, 3.05) is 0 Å². The van der Waals surface area contributed by atoms with Crippen LogP contribution in [0.3, 0.4) is 0 Å². The summed E-state index contributed by atoms with van der Waals surface area (Å²) < 4.78 is 0. The van der Waals surface area contributed by atoms with Crippen molar-refractivity contribution >= 4 is 10.8 Å². The first kappa shape index (κ1) is 13.4. The fourth-order valence-corrected chi connectivity index (χ4v) is 4.90. The zero-order valence-corrected chi connectivity index (χ0v) is 13.2. The third-order valence-electron chi connectivity index (χ3n) is 5.96. The zero-order chi connectivity index (χ0) is 14.2. The first-order valence-electron chi connectivity index (χ1n) is 8.87. The maximum atomic E-state index is 2.51. The Morgan fingerprint density at radius 3 is 2.14 bits per heavy atom. The number of hydrogen-bond donors (Lipinski definition) is 0. The fourth-order valence-electron chi connectivity index (χ4n) is 4.90. The van der Waals surface area contributed by atoms with Crippen molar-refractivity contribution in [2.24, 2.45) is 0 Å². The van der Waals surface area contributed by atoms with Crippen LogP contribution in [0.5, 0.6) is 0 Å². The van der Waals surface area contributed by atoms with E-state index in [9.17, 15) is 0 Å². The van der Waals surface area contributed by atoms with Crippen molar-refractivity contribution in [1.29, 1.82) is 0 Å². The zero-order valence-electron chi connectivity index (χ0n) is 13.2. The van der Waals surface area contributed by atoms with Crippen molar-refractivity contribution in [1.82, 2.24) is 0 Å². The molecule has 2 aliphatic carbocycles. The second-order valence-corrected chi connectivity index (χ2v) is 7.19. The van der Waals surface area contributed by atoms with E-state index in [1.165, 1.54) is 62.1 Å². The second kappa shape index (κ2) is 5.48. The third kappa shape index (κ3) is 2.29. The molecule has 0 amide bonds. The van der Waals surface area contributed by atoms with Gasteiger partial charge in [0.15, 0.2) is 0 Å². The lowest BCUT2D eigenvalue weighted by Gasteiger charge is -2.23. The van der Waals surface area contributed by atoms with Crippen molar-refractivity contribution in [2.45, 2.75) is 70.1 Å². The average Bonchev–Trinajstić information content (AvgIpc) is 3.20. The van der Waals surface area contributed by atoms with Crippen LogP contribution in [0.4, 0.5) is 0 Å². The molecule has 0 heteroatoms. The lowest BCUT2D eigenvalue weighted by Crippen LogP contribution is -2.04. The van der Waals surface area contributed by atoms with E-state index in [0.717, 1.165) is 11.8 Å². The van der Waals surface area contributed by atoms with E-state index in [2.05, 4.69) is 37.3 Å². The number of rotatable bonds is 2. The minimum Gasteiger partial charge on any atom is -0.0616 e. The van der Waals surface area contributed by atoms with Crippen LogP contribution in [0.15, 0.2) is 30.3 Å². The maximum absolute atomic E-state index is 2.51. The van der Waals surface area contributed by atoms with Gasteiger partial charge in [0.25, 0.3) is 0 Å². The molecule has 2 aromatic rings. The van der Waals surface area contributed by atoms with Crippen molar-refractivity contribution < 1.29 is 0 Å². The summed E-state index contributed by atoms with van der Waals surface area (Å²) in [4.78, 5) is 0. The van der Waals surface area contributed by atoms with Crippen LogP contribution in [0, 0.1) is 6.92 Å². The van der Waals surface area contributed by atoms with Crippen LogP contribution < -0.4 is 0 Å². The van der Waals surface area contributed by atoms with Crippen LogP contribution in [-0.4, -0.2) is 0 Å². The normalized spacial score (nSPS) is 20.6. The van der Waals surface area contributed by atoms with Crippen LogP contribution >= 0.6 is 0 Å². The minimum absolute atomic E-state index is 0.816. The Morgan fingerprint density at radius 1 is 0.810 bits per heavy atom. The van der Waals surface area contributed by atoms with Gasteiger partial charge in [-0.05, 0) is 71.9 Å². The van der Waals surface area contributed by atoms with Gasteiger partial charge < -0.3 is 0 Å². The standard InChI is InChI=1S/C21H26/c1-15-20(16-8-2-3-9-16)14-18-12-6-7-13-19(18)21(15)17-10-4-5-11-17/h6-7,12-14,16-17H,2-5,8-11H2,1H3. The van der Waals surface area contributed by atoms with Crippen molar-refractivity contribution in [3.05, 3.63) is 47.0 Å². The Hall–Kier alpha value is -1.30. The molecule has 0 radical (unpaired) electrons. The summed E-state index contributed by atoms with van der Waals surface area (Å²) in [6.07, 6.45) is 11.3. The SMILES string of the molecule is Cc1c(C2CCCC2)cc2ccccc2c1C1CCCC1. The van der Waals surface area contributed by atoms with Gasteiger partial charge in [-0.15, -0.1) is 0 Å². The smallest absolute Gasteiger partial charge is 0.0146 e. The molecule has 2 saturated carbocycles. The monoisotopic (exact) mass is 278 g/mol. The van der Waals surface area contributed by atoms with E-state index < -0.39 is 0 Å². The van der Waals surface area contributed by atoms with Gasteiger partial charge in [-0.2, -0.15) is 0 Å². The summed E-state index contributed by atoms with van der Waals surface area (Å²) in [5.74, 6) is 1.64.